The van der Waals surface area contributed by atoms with E-state index in [1.54, 1.807) is 17.9 Å². The van der Waals surface area contributed by atoms with E-state index >= 15 is 0 Å². The number of amides is 1. The number of allylic oxidation sites excluding steroid dienone is 1. The Morgan fingerprint density at radius 3 is 2.48 bits per heavy atom. The van der Waals surface area contributed by atoms with Crippen molar-refractivity contribution in [2.45, 2.75) is 13.8 Å². The summed E-state index contributed by atoms with van der Waals surface area (Å²) in [7, 11) is 1.32. The van der Waals surface area contributed by atoms with Gasteiger partial charge in [0.15, 0.2) is 0 Å². The van der Waals surface area contributed by atoms with E-state index in [9.17, 15) is 9.59 Å². The molecule has 0 bridgehead atoms. The third-order valence-electron chi connectivity index (χ3n) is 5.32. The number of fused-ring (bicyclic) bond motifs is 1. The van der Waals surface area contributed by atoms with E-state index in [-0.39, 0.29) is 17.1 Å². The fraction of sp³-hybridized carbons (Fsp3) is 0.154. The summed E-state index contributed by atoms with van der Waals surface area (Å²) in [6.07, 6.45) is 1.70. The van der Waals surface area contributed by atoms with Crippen LogP contribution in [0.3, 0.4) is 0 Å². The topological polar surface area (TPSA) is 55.8 Å². The van der Waals surface area contributed by atoms with Gasteiger partial charge in [-0.1, -0.05) is 54.6 Å². The number of rotatable bonds is 5. The standard InChI is InChI=1S/C26H23NO4/c1-4-31-23-15-8-6-11-19(23)16-21-24(26(29)30-3)17(2)27(25(21)28)22-14-9-12-18-10-5-7-13-20(18)22/h5-16H,4H2,1-3H3/b21-16-. The molecule has 5 nitrogen and oxygen atoms in total. The molecular formula is C26H23NO4. The lowest BCUT2D eigenvalue weighted by molar-refractivity contribution is -0.136. The SMILES string of the molecule is CCOc1ccccc1/C=C1\C(=O)N(c2cccc3ccccc23)C(C)=C1C(=O)OC. The minimum atomic E-state index is -0.547. The Balaban J connectivity index is 1.91. The third-order valence-corrected chi connectivity index (χ3v) is 5.32. The number of hydrogen-bond donors (Lipinski definition) is 0. The zero-order valence-corrected chi connectivity index (χ0v) is 17.7. The molecule has 1 heterocycles. The van der Waals surface area contributed by atoms with E-state index in [4.69, 9.17) is 9.47 Å². The number of para-hydroxylation sites is 1. The number of nitrogens with zero attached hydrogens (tertiary/aromatic N) is 1. The van der Waals surface area contributed by atoms with Crippen molar-refractivity contribution in [3.8, 4) is 5.75 Å². The van der Waals surface area contributed by atoms with Gasteiger partial charge in [-0.25, -0.2) is 4.79 Å². The van der Waals surface area contributed by atoms with Gasteiger partial charge in [0, 0.05) is 16.6 Å². The number of anilines is 1. The number of esters is 1. The first-order valence-electron chi connectivity index (χ1n) is 10.1. The molecule has 3 aromatic carbocycles. The number of methoxy groups -OCH3 is 1. The van der Waals surface area contributed by atoms with Crippen LogP contribution in [0.25, 0.3) is 16.8 Å². The van der Waals surface area contributed by atoms with Crippen LogP contribution in [0.15, 0.2) is 83.6 Å². The molecule has 5 heteroatoms. The molecule has 0 aromatic heterocycles. The van der Waals surface area contributed by atoms with Crippen molar-refractivity contribution in [1.29, 1.82) is 0 Å². The van der Waals surface area contributed by atoms with Crippen molar-refractivity contribution < 1.29 is 19.1 Å². The highest BCUT2D eigenvalue weighted by Crippen LogP contribution is 2.39. The first-order chi connectivity index (χ1) is 15.1. The fourth-order valence-corrected chi connectivity index (χ4v) is 3.92. The summed E-state index contributed by atoms with van der Waals surface area (Å²) >= 11 is 0. The maximum Gasteiger partial charge on any atom is 0.340 e. The van der Waals surface area contributed by atoms with E-state index in [1.807, 2.05) is 73.7 Å². The summed E-state index contributed by atoms with van der Waals surface area (Å²) in [6.45, 7) is 4.16. The molecule has 0 atom stereocenters. The predicted octanol–water partition coefficient (Wildman–Crippen LogP) is 5.12. The normalized spacial score (nSPS) is 15.1. The molecule has 0 spiro atoms. The van der Waals surface area contributed by atoms with Crippen LogP contribution in [0.2, 0.25) is 0 Å². The predicted molar refractivity (Wildman–Crippen MR) is 122 cm³/mol. The molecule has 1 aliphatic heterocycles. The van der Waals surface area contributed by atoms with Crippen molar-refractivity contribution in [2.75, 3.05) is 18.6 Å². The van der Waals surface area contributed by atoms with Gasteiger partial charge in [-0.3, -0.25) is 9.69 Å². The van der Waals surface area contributed by atoms with Crippen molar-refractivity contribution in [3.63, 3.8) is 0 Å². The van der Waals surface area contributed by atoms with Gasteiger partial charge in [-0.15, -0.1) is 0 Å². The molecule has 0 unspecified atom stereocenters. The highest BCUT2D eigenvalue weighted by molar-refractivity contribution is 6.25. The molecule has 3 aromatic rings. The Labute approximate surface area is 181 Å². The summed E-state index contributed by atoms with van der Waals surface area (Å²) in [6, 6.07) is 21.1. The first-order valence-corrected chi connectivity index (χ1v) is 10.1. The summed E-state index contributed by atoms with van der Waals surface area (Å²) in [5, 5.41) is 1.94. The van der Waals surface area contributed by atoms with Crippen LogP contribution in [-0.4, -0.2) is 25.6 Å². The van der Waals surface area contributed by atoms with E-state index < -0.39 is 5.97 Å². The Hall–Kier alpha value is -3.86. The van der Waals surface area contributed by atoms with E-state index in [0.29, 0.717) is 18.1 Å². The van der Waals surface area contributed by atoms with E-state index in [0.717, 1.165) is 22.0 Å². The lowest BCUT2D eigenvalue weighted by atomic mass is 10.0. The second kappa shape index (κ2) is 8.48. The van der Waals surface area contributed by atoms with E-state index in [2.05, 4.69) is 0 Å². The zero-order chi connectivity index (χ0) is 22.0. The second-order valence-corrected chi connectivity index (χ2v) is 7.12. The molecule has 0 N–H and O–H groups in total. The monoisotopic (exact) mass is 413 g/mol. The summed E-state index contributed by atoms with van der Waals surface area (Å²) in [5.74, 6) is -0.176. The fourth-order valence-electron chi connectivity index (χ4n) is 3.92. The number of ether oxygens (including phenoxy) is 2. The Morgan fingerprint density at radius 2 is 1.71 bits per heavy atom. The minimum Gasteiger partial charge on any atom is -0.493 e. The molecular weight excluding hydrogens is 390 g/mol. The molecule has 156 valence electrons. The van der Waals surface area contributed by atoms with E-state index in [1.165, 1.54) is 7.11 Å². The molecule has 0 saturated carbocycles. The highest BCUT2D eigenvalue weighted by Gasteiger charge is 2.38. The number of hydrogen-bond acceptors (Lipinski definition) is 4. The smallest absolute Gasteiger partial charge is 0.340 e. The molecule has 31 heavy (non-hydrogen) atoms. The molecule has 0 saturated heterocycles. The molecule has 0 aliphatic carbocycles. The Morgan fingerprint density at radius 1 is 1.00 bits per heavy atom. The van der Waals surface area contributed by atoms with Crippen molar-refractivity contribution >= 4 is 34.4 Å². The van der Waals surface area contributed by atoms with Crippen LogP contribution in [-0.2, 0) is 14.3 Å². The first kappa shape index (κ1) is 20.4. The Kier molecular flexibility index (Phi) is 5.58. The summed E-state index contributed by atoms with van der Waals surface area (Å²) in [4.78, 5) is 27.9. The van der Waals surface area contributed by atoms with Crippen molar-refractivity contribution in [3.05, 3.63) is 89.1 Å². The molecule has 4 rings (SSSR count). The van der Waals surface area contributed by atoms with Gasteiger partial charge >= 0.3 is 5.97 Å². The number of benzene rings is 3. The summed E-state index contributed by atoms with van der Waals surface area (Å²) in [5.41, 5.74) is 2.52. The quantitative estimate of drug-likeness (QED) is 0.431. The lowest BCUT2D eigenvalue weighted by Crippen LogP contribution is -2.24. The van der Waals surface area contributed by atoms with Crippen LogP contribution in [0.5, 0.6) is 5.75 Å². The Bertz CT molecular complexity index is 1230. The van der Waals surface area contributed by atoms with Crippen LogP contribution < -0.4 is 9.64 Å². The highest BCUT2D eigenvalue weighted by atomic mass is 16.5. The average molecular weight is 413 g/mol. The lowest BCUT2D eigenvalue weighted by Gasteiger charge is -2.20. The van der Waals surface area contributed by atoms with Gasteiger partial charge in [-0.2, -0.15) is 0 Å². The molecule has 1 aliphatic rings. The maximum atomic E-state index is 13.6. The van der Waals surface area contributed by atoms with Gasteiger partial charge in [0.05, 0.1) is 30.6 Å². The van der Waals surface area contributed by atoms with Crippen LogP contribution in [0.1, 0.15) is 19.4 Å². The second-order valence-electron chi connectivity index (χ2n) is 7.12. The van der Waals surface area contributed by atoms with Gasteiger partial charge in [0.1, 0.15) is 5.75 Å². The average Bonchev–Trinajstić information content (AvgIpc) is 3.03. The summed E-state index contributed by atoms with van der Waals surface area (Å²) < 4.78 is 10.7. The largest absolute Gasteiger partial charge is 0.493 e. The van der Waals surface area contributed by atoms with Crippen LogP contribution >= 0.6 is 0 Å². The maximum absolute atomic E-state index is 13.6. The number of carbonyl (C=O) groups is 2. The molecule has 0 fully saturated rings. The van der Waals surface area contributed by atoms with Gasteiger partial charge < -0.3 is 9.47 Å². The third kappa shape index (κ3) is 3.59. The zero-order valence-electron chi connectivity index (χ0n) is 17.7. The molecule has 1 amide bonds. The van der Waals surface area contributed by atoms with Crippen LogP contribution in [0.4, 0.5) is 5.69 Å². The number of carbonyl (C=O) groups excluding carboxylic acids is 2. The molecule has 0 radical (unpaired) electrons. The van der Waals surface area contributed by atoms with Crippen LogP contribution in [0, 0.1) is 0 Å². The van der Waals surface area contributed by atoms with Gasteiger partial charge in [0.2, 0.25) is 0 Å². The van der Waals surface area contributed by atoms with Gasteiger partial charge in [-0.05, 0) is 37.4 Å². The minimum absolute atomic E-state index is 0.256. The van der Waals surface area contributed by atoms with Gasteiger partial charge in [0.25, 0.3) is 5.91 Å². The van der Waals surface area contributed by atoms with Crippen molar-refractivity contribution in [2.24, 2.45) is 0 Å². The van der Waals surface area contributed by atoms with Crippen molar-refractivity contribution in [1.82, 2.24) is 0 Å².